The van der Waals surface area contributed by atoms with Crippen LogP contribution >= 0.6 is 11.3 Å². The van der Waals surface area contributed by atoms with E-state index in [4.69, 9.17) is 4.74 Å². The summed E-state index contributed by atoms with van der Waals surface area (Å²) in [6, 6.07) is 13.8. The van der Waals surface area contributed by atoms with E-state index >= 15 is 0 Å². The number of carbonyl (C=O) groups is 1. The van der Waals surface area contributed by atoms with E-state index < -0.39 is 16.1 Å². The normalized spacial score (nSPS) is 12.4. The molecule has 2 aromatic carbocycles. The van der Waals surface area contributed by atoms with E-state index in [0.29, 0.717) is 17.7 Å². The molecule has 0 radical (unpaired) electrons. The van der Waals surface area contributed by atoms with Gasteiger partial charge in [0.2, 0.25) is 9.47 Å². The highest BCUT2D eigenvalue weighted by Crippen LogP contribution is 2.25. The molecule has 0 aliphatic rings. The second-order valence-electron chi connectivity index (χ2n) is 6.50. The Bertz CT molecular complexity index is 1130. The Hall–Kier alpha value is -2.82. The first kappa shape index (κ1) is 21.9. The molecule has 0 saturated carbocycles. The quantitative estimate of drug-likeness (QED) is 0.512. The summed E-state index contributed by atoms with van der Waals surface area (Å²) in [5.41, 5.74) is 2.10. The summed E-state index contributed by atoms with van der Waals surface area (Å²) in [6.45, 7) is 3.70. The van der Waals surface area contributed by atoms with Crippen LogP contribution in [-0.2, 0) is 10.0 Å². The molecular weight excluding hydrogens is 424 g/mol. The number of aromatic nitrogens is 2. The first-order chi connectivity index (χ1) is 14.3. The molecule has 0 spiro atoms. The molecule has 10 heteroatoms. The van der Waals surface area contributed by atoms with Gasteiger partial charge in [0.05, 0.1) is 7.11 Å². The molecule has 2 N–H and O–H groups in total. The van der Waals surface area contributed by atoms with Crippen LogP contribution in [0, 0.1) is 6.92 Å². The third kappa shape index (κ3) is 5.02. The molecular formula is C20H22N4O4S2. The van der Waals surface area contributed by atoms with Crippen molar-refractivity contribution < 1.29 is 17.9 Å². The number of rotatable bonds is 8. The van der Waals surface area contributed by atoms with Crippen LogP contribution in [0.5, 0.6) is 5.75 Å². The number of benzene rings is 2. The highest BCUT2D eigenvalue weighted by atomic mass is 32.2. The Labute approximate surface area is 179 Å². The molecule has 1 heterocycles. The summed E-state index contributed by atoms with van der Waals surface area (Å²) in [5, 5.41) is 10.3. The van der Waals surface area contributed by atoms with Gasteiger partial charge in [-0.3, -0.25) is 10.1 Å². The van der Waals surface area contributed by atoms with Crippen molar-refractivity contribution in [2.45, 2.75) is 30.6 Å². The van der Waals surface area contributed by atoms with E-state index in [2.05, 4.69) is 20.2 Å². The molecule has 8 nitrogen and oxygen atoms in total. The van der Waals surface area contributed by atoms with Gasteiger partial charge in [-0.25, -0.2) is 13.1 Å². The van der Waals surface area contributed by atoms with Gasteiger partial charge in [0.1, 0.15) is 5.75 Å². The number of carbonyl (C=O) groups excluding carboxylic acids is 1. The van der Waals surface area contributed by atoms with Crippen molar-refractivity contribution in [2.24, 2.45) is 0 Å². The molecule has 1 atom stereocenters. The van der Waals surface area contributed by atoms with Crippen molar-refractivity contribution in [3.63, 3.8) is 0 Å². The van der Waals surface area contributed by atoms with E-state index in [9.17, 15) is 13.2 Å². The lowest BCUT2D eigenvalue weighted by molar-refractivity contribution is 0.102. The summed E-state index contributed by atoms with van der Waals surface area (Å²) in [6.07, 6.45) is 0.543. The largest absolute Gasteiger partial charge is 0.497 e. The predicted octanol–water partition coefficient (Wildman–Crippen LogP) is 3.54. The van der Waals surface area contributed by atoms with Gasteiger partial charge in [-0.15, -0.1) is 10.2 Å². The second kappa shape index (κ2) is 9.33. The van der Waals surface area contributed by atoms with Crippen LogP contribution in [0.4, 0.5) is 5.13 Å². The monoisotopic (exact) mass is 446 g/mol. The number of hydrogen-bond acceptors (Lipinski definition) is 7. The van der Waals surface area contributed by atoms with E-state index in [1.54, 1.807) is 31.4 Å². The minimum Gasteiger partial charge on any atom is -0.497 e. The van der Waals surface area contributed by atoms with Gasteiger partial charge in [-0.1, -0.05) is 48.6 Å². The SMILES string of the molecule is CC[C@@H](NS(=O)(=O)c1nnc(NC(=O)c2ccccc2C)s1)c1ccc(OC)cc1. The Kier molecular flexibility index (Phi) is 6.80. The van der Waals surface area contributed by atoms with Gasteiger partial charge in [-0.05, 0) is 42.7 Å². The molecule has 0 aliphatic carbocycles. The van der Waals surface area contributed by atoms with Crippen LogP contribution in [0.2, 0.25) is 0 Å². The number of nitrogens with one attached hydrogen (secondary N) is 2. The second-order valence-corrected chi connectivity index (χ2v) is 9.36. The lowest BCUT2D eigenvalue weighted by Gasteiger charge is -2.16. The molecule has 1 amide bonds. The van der Waals surface area contributed by atoms with Crippen LogP contribution in [0.1, 0.15) is 40.9 Å². The molecule has 0 saturated heterocycles. The zero-order chi connectivity index (χ0) is 21.7. The van der Waals surface area contributed by atoms with Gasteiger partial charge in [0.15, 0.2) is 0 Å². The third-order valence-corrected chi connectivity index (χ3v) is 7.15. The molecule has 0 bridgehead atoms. The number of methoxy groups -OCH3 is 1. The topological polar surface area (TPSA) is 110 Å². The number of aryl methyl sites for hydroxylation is 1. The van der Waals surface area contributed by atoms with Gasteiger partial charge >= 0.3 is 0 Å². The lowest BCUT2D eigenvalue weighted by Crippen LogP contribution is -2.28. The molecule has 0 fully saturated rings. The van der Waals surface area contributed by atoms with Crippen molar-refractivity contribution in [1.29, 1.82) is 0 Å². The fourth-order valence-corrected chi connectivity index (χ4v) is 5.04. The zero-order valence-corrected chi connectivity index (χ0v) is 18.4. The highest BCUT2D eigenvalue weighted by Gasteiger charge is 2.25. The van der Waals surface area contributed by atoms with Gasteiger partial charge < -0.3 is 4.74 Å². The van der Waals surface area contributed by atoms with Gasteiger partial charge in [0.25, 0.3) is 15.9 Å². The summed E-state index contributed by atoms with van der Waals surface area (Å²) < 4.78 is 33.1. The molecule has 3 aromatic rings. The summed E-state index contributed by atoms with van der Waals surface area (Å²) in [5.74, 6) is 0.320. The first-order valence-electron chi connectivity index (χ1n) is 9.20. The summed E-state index contributed by atoms with van der Waals surface area (Å²) in [7, 11) is -2.34. The Morgan fingerprint density at radius 1 is 1.13 bits per heavy atom. The molecule has 1 aromatic heterocycles. The third-order valence-electron chi connectivity index (χ3n) is 4.47. The minimum absolute atomic E-state index is 0.112. The van der Waals surface area contributed by atoms with Crippen molar-refractivity contribution >= 4 is 32.4 Å². The van der Waals surface area contributed by atoms with Crippen LogP contribution in [0.25, 0.3) is 0 Å². The minimum atomic E-state index is -3.91. The van der Waals surface area contributed by atoms with E-state index in [1.807, 2.05) is 38.1 Å². The zero-order valence-electron chi connectivity index (χ0n) is 16.7. The summed E-state index contributed by atoms with van der Waals surface area (Å²) >= 11 is 0.798. The maximum atomic E-state index is 12.8. The number of ether oxygens (including phenoxy) is 1. The van der Waals surface area contributed by atoms with Crippen LogP contribution < -0.4 is 14.8 Å². The van der Waals surface area contributed by atoms with Gasteiger partial charge in [0, 0.05) is 11.6 Å². The molecule has 158 valence electrons. The van der Waals surface area contributed by atoms with E-state index in [-0.39, 0.29) is 15.4 Å². The Balaban J connectivity index is 1.74. The van der Waals surface area contributed by atoms with E-state index in [0.717, 1.165) is 22.5 Å². The van der Waals surface area contributed by atoms with Crippen molar-refractivity contribution in [2.75, 3.05) is 12.4 Å². The number of hydrogen-bond donors (Lipinski definition) is 2. The van der Waals surface area contributed by atoms with Crippen molar-refractivity contribution in [3.05, 3.63) is 65.2 Å². The highest BCUT2D eigenvalue weighted by molar-refractivity contribution is 7.91. The number of anilines is 1. The number of amides is 1. The lowest BCUT2D eigenvalue weighted by atomic mass is 10.1. The van der Waals surface area contributed by atoms with Gasteiger partial charge in [-0.2, -0.15) is 0 Å². The standard InChI is InChI=1S/C20H22N4O4S2/c1-4-17(14-9-11-15(28-3)12-10-14)24-30(26,27)20-23-22-19(29-20)21-18(25)16-8-6-5-7-13(16)2/h5-12,17,24H,4H2,1-3H3,(H,21,22,25)/t17-/m1/s1. The van der Waals surface area contributed by atoms with Crippen LogP contribution in [-0.4, -0.2) is 31.6 Å². The fourth-order valence-electron chi connectivity index (χ4n) is 2.82. The summed E-state index contributed by atoms with van der Waals surface area (Å²) in [4.78, 5) is 12.4. The molecule has 0 aliphatic heterocycles. The van der Waals surface area contributed by atoms with Crippen LogP contribution in [0.15, 0.2) is 52.9 Å². The maximum absolute atomic E-state index is 12.8. The number of sulfonamides is 1. The Morgan fingerprint density at radius 2 is 1.83 bits per heavy atom. The molecule has 3 rings (SSSR count). The van der Waals surface area contributed by atoms with Crippen molar-refractivity contribution in [3.8, 4) is 5.75 Å². The number of nitrogens with zero attached hydrogens (tertiary/aromatic N) is 2. The van der Waals surface area contributed by atoms with Crippen molar-refractivity contribution in [1.82, 2.24) is 14.9 Å². The maximum Gasteiger partial charge on any atom is 0.270 e. The predicted molar refractivity (Wildman–Crippen MR) is 115 cm³/mol. The average molecular weight is 447 g/mol. The smallest absolute Gasteiger partial charge is 0.270 e. The first-order valence-corrected chi connectivity index (χ1v) is 11.5. The average Bonchev–Trinajstić information content (AvgIpc) is 3.22. The molecule has 30 heavy (non-hydrogen) atoms. The fraction of sp³-hybridized carbons (Fsp3) is 0.250. The Morgan fingerprint density at radius 3 is 2.47 bits per heavy atom. The molecule has 0 unspecified atom stereocenters. The van der Waals surface area contributed by atoms with Crippen LogP contribution in [0.3, 0.4) is 0 Å². The van der Waals surface area contributed by atoms with E-state index in [1.165, 1.54) is 0 Å².